The molecule has 1 N–H and O–H groups in total. The van der Waals surface area contributed by atoms with E-state index in [1.165, 1.54) is 6.07 Å². The van der Waals surface area contributed by atoms with Crippen LogP contribution in [0.5, 0.6) is 5.75 Å². The van der Waals surface area contributed by atoms with Gasteiger partial charge in [-0.3, -0.25) is 0 Å². The van der Waals surface area contributed by atoms with Crippen molar-refractivity contribution in [2.24, 2.45) is 0 Å². The molecule has 9 heteroatoms. The van der Waals surface area contributed by atoms with Crippen molar-refractivity contribution in [3.8, 4) is 5.75 Å². The fourth-order valence-corrected chi connectivity index (χ4v) is 4.09. The standard InChI is InChI=1S/C17H17N2O3S2.C2H6.2W/c18-17(23)19-24(20,21)14-9-10-15-12(11-14)5-4-8-16(15)22-13-6-2-1-3-7-13;1-2;;/h1-3,6-7,9-11,16H,4-5,8H2,(H2-,18,19,23);1-2H3;;/q-1;;;/p-1. The minimum atomic E-state index is -3.85. The van der Waals surface area contributed by atoms with Crippen LogP contribution in [0.2, 0.25) is 0 Å². The molecular weight excluding hydrogens is 736 g/mol. The number of aryl methyl sites for hydroxylation is 1. The zero-order valence-corrected chi connectivity index (χ0v) is 23.1. The number of para-hydroxylation sites is 1. The second-order valence-corrected chi connectivity index (χ2v) is 7.65. The first-order valence-electron chi connectivity index (χ1n) is 8.72. The first kappa shape index (κ1) is 25.3. The van der Waals surface area contributed by atoms with Crippen molar-refractivity contribution in [3.05, 3.63) is 65.1 Å². The number of rotatable bonds is 4. The molecule has 1 aliphatic rings. The van der Waals surface area contributed by atoms with Gasteiger partial charge in [-0.25, -0.2) is 13.6 Å². The predicted molar refractivity (Wildman–Crippen MR) is 107 cm³/mol. The van der Waals surface area contributed by atoms with Crippen LogP contribution in [-0.2, 0) is 61.5 Å². The summed E-state index contributed by atoms with van der Waals surface area (Å²) >= 11 is 7.73. The molecule has 0 saturated heterocycles. The topological polar surface area (TPSA) is 77.7 Å². The fraction of sp³-hybridized carbons (Fsp3) is 0.316. The molecule has 0 bridgehead atoms. The van der Waals surface area contributed by atoms with Gasteiger partial charge in [0.1, 0.15) is 11.9 Å². The van der Waals surface area contributed by atoms with Gasteiger partial charge in [0.2, 0.25) is 0 Å². The molecule has 0 aliphatic heterocycles. The number of benzene rings is 2. The summed E-state index contributed by atoms with van der Waals surface area (Å²) < 4.78 is 32.2. The number of fused-ring (bicyclic) bond motifs is 1. The van der Waals surface area contributed by atoms with E-state index in [1.54, 1.807) is 44.6 Å². The van der Waals surface area contributed by atoms with Crippen LogP contribution < -0.4 is 9.46 Å². The van der Waals surface area contributed by atoms with Crippen LogP contribution in [0.25, 0.3) is 5.41 Å². The Morgan fingerprint density at radius 3 is 2.43 bits per heavy atom. The van der Waals surface area contributed by atoms with E-state index in [4.69, 9.17) is 10.1 Å². The monoisotopic (exact) mass is 758 g/mol. The molecule has 0 heterocycles. The van der Waals surface area contributed by atoms with Gasteiger partial charge in [0.25, 0.3) is 0 Å². The van der Waals surface area contributed by atoms with Gasteiger partial charge in [-0.1, -0.05) is 38.1 Å². The SMILES string of the molecule is CC.[N-]=C([S-])NS(=O)(=O)c1ccc2c(c1)CCCC2Oc1ccccc1.[W]=[W]. The third kappa shape index (κ3) is 7.26. The molecule has 2 aromatic rings. The van der Waals surface area contributed by atoms with E-state index < -0.39 is 15.2 Å². The molecule has 152 valence electrons. The first-order chi connectivity index (χ1) is 13.5. The van der Waals surface area contributed by atoms with E-state index in [1.807, 2.05) is 48.9 Å². The third-order valence-corrected chi connectivity index (χ3v) is 5.50. The molecule has 0 radical (unpaired) electrons. The number of sulfonamides is 1. The van der Waals surface area contributed by atoms with Gasteiger partial charge >= 0.3 is 32.4 Å². The summed E-state index contributed by atoms with van der Waals surface area (Å²) in [5, 5.41) is 8.25. The Balaban J connectivity index is 0.000000921. The molecule has 0 fully saturated rings. The van der Waals surface area contributed by atoms with E-state index in [0.29, 0.717) is 0 Å². The van der Waals surface area contributed by atoms with Crippen molar-refractivity contribution in [2.45, 2.75) is 44.1 Å². The molecule has 2 aromatic carbocycles. The van der Waals surface area contributed by atoms with Gasteiger partial charge in [-0.15, -0.1) is 0 Å². The van der Waals surface area contributed by atoms with Crippen LogP contribution in [0, 0.1) is 0 Å². The summed E-state index contributed by atoms with van der Waals surface area (Å²) in [6.45, 7) is 4.00. The van der Waals surface area contributed by atoms with Crippen molar-refractivity contribution in [3.63, 3.8) is 0 Å². The van der Waals surface area contributed by atoms with Gasteiger partial charge in [0, 0.05) is 0 Å². The average Bonchev–Trinajstić information content (AvgIpc) is 2.71. The van der Waals surface area contributed by atoms with Crippen LogP contribution in [-0.4, -0.2) is 13.6 Å². The molecule has 1 atom stereocenters. The zero-order chi connectivity index (χ0) is 21.2. The molecular formula is C19H22N2O3S2W2-2. The summed E-state index contributed by atoms with van der Waals surface area (Å²) in [6, 6.07) is 14.5. The predicted octanol–water partition coefficient (Wildman–Crippen LogP) is 3.91. The molecule has 1 aliphatic carbocycles. The Bertz CT molecular complexity index is 878. The van der Waals surface area contributed by atoms with Gasteiger partial charge in [-0.05, 0) is 54.7 Å². The van der Waals surface area contributed by atoms with Gasteiger partial charge in [-0.2, -0.15) is 0 Å². The van der Waals surface area contributed by atoms with E-state index in [2.05, 4.69) is 12.6 Å². The van der Waals surface area contributed by atoms with Crippen LogP contribution in [0.1, 0.15) is 43.9 Å². The number of nitrogens with one attached hydrogen (secondary N) is 1. The van der Waals surface area contributed by atoms with Gasteiger partial charge in [0.15, 0.2) is 10.0 Å². The second kappa shape index (κ2) is 12.7. The van der Waals surface area contributed by atoms with Crippen LogP contribution in [0.3, 0.4) is 0 Å². The molecule has 1 unspecified atom stereocenters. The molecule has 5 nitrogen and oxygen atoms in total. The minimum absolute atomic E-state index is 0.0815. The van der Waals surface area contributed by atoms with E-state index >= 15 is 0 Å². The Hall–Kier alpha value is -0.743. The second-order valence-electron chi connectivity index (χ2n) is 5.58. The van der Waals surface area contributed by atoms with E-state index in [9.17, 15) is 8.42 Å². The van der Waals surface area contributed by atoms with Crippen molar-refractivity contribution >= 4 is 27.8 Å². The molecule has 0 aromatic heterocycles. The van der Waals surface area contributed by atoms with Gasteiger partial charge < -0.3 is 27.5 Å². The molecule has 28 heavy (non-hydrogen) atoms. The van der Waals surface area contributed by atoms with Crippen LogP contribution in [0.4, 0.5) is 0 Å². The number of hydrogen-bond acceptors (Lipinski definition) is 4. The molecule has 0 saturated carbocycles. The summed E-state index contributed by atoms with van der Waals surface area (Å²) in [4.78, 5) is 0.0815. The quantitative estimate of drug-likeness (QED) is 0.292. The number of nitrogens with zero attached hydrogens (tertiary/aromatic N) is 1. The maximum atomic E-state index is 12.1. The summed E-state index contributed by atoms with van der Waals surface area (Å²) in [7, 11) is -3.85. The number of ether oxygens (including phenoxy) is 1. The van der Waals surface area contributed by atoms with Crippen LogP contribution in [0.15, 0.2) is 53.4 Å². The van der Waals surface area contributed by atoms with Crippen molar-refractivity contribution in [1.82, 2.24) is 4.72 Å². The first-order valence-corrected chi connectivity index (χ1v) is 21.6. The summed E-state index contributed by atoms with van der Waals surface area (Å²) in [5.74, 6) is 0.791. The van der Waals surface area contributed by atoms with Crippen molar-refractivity contribution < 1.29 is 45.6 Å². The summed E-state index contributed by atoms with van der Waals surface area (Å²) in [5.41, 5.74) is 1.93. The summed E-state index contributed by atoms with van der Waals surface area (Å²) in [6.07, 6.45) is 2.49. The van der Waals surface area contributed by atoms with Crippen LogP contribution >= 0.6 is 0 Å². The third-order valence-electron chi connectivity index (χ3n) is 3.93. The Kier molecular flexibility index (Phi) is 11.5. The Morgan fingerprint density at radius 1 is 1.18 bits per heavy atom. The number of hydrogen-bond donors (Lipinski definition) is 1. The maximum absolute atomic E-state index is 12.1. The van der Waals surface area contributed by atoms with Crippen molar-refractivity contribution in [1.29, 1.82) is 0 Å². The normalized spacial score (nSPS) is 14.9. The average molecular weight is 758 g/mol. The van der Waals surface area contributed by atoms with E-state index in [-0.39, 0.29) is 11.0 Å². The van der Waals surface area contributed by atoms with E-state index in [0.717, 1.165) is 36.1 Å². The van der Waals surface area contributed by atoms with Gasteiger partial charge in [0.05, 0.1) is 4.90 Å². The van der Waals surface area contributed by atoms with Crippen molar-refractivity contribution in [2.75, 3.05) is 0 Å². The fourth-order valence-electron chi connectivity index (χ4n) is 2.87. The Labute approximate surface area is 191 Å². The molecule has 3 rings (SSSR count). The Morgan fingerprint density at radius 2 is 1.82 bits per heavy atom. The number of amidine groups is 1. The molecule has 0 spiro atoms. The zero-order valence-electron chi connectivity index (χ0n) is 15.6. The molecule has 0 amide bonds.